The molecule has 0 fully saturated rings. The minimum atomic E-state index is -4.26. The van der Waals surface area contributed by atoms with Crippen molar-refractivity contribution >= 4 is 11.8 Å². The summed E-state index contributed by atoms with van der Waals surface area (Å²) in [6.45, 7) is 1.73. The van der Waals surface area contributed by atoms with Crippen molar-refractivity contribution in [3.05, 3.63) is 29.6 Å². The molecule has 1 N–H and O–H groups in total. The second kappa shape index (κ2) is 7.00. The van der Waals surface area contributed by atoms with Gasteiger partial charge in [0.2, 0.25) is 0 Å². The number of benzene rings is 1. The molecule has 0 saturated heterocycles. The highest BCUT2D eigenvalue weighted by Gasteiger charge is 2.27. The van der Waals surface area contributed by atoms with Crippen molar-refractivity contribution in [3.63, 3.8) is 0 Å². The summed E-state index contributed by atoms with van der Waals surface area (Å²) in [5, 5.41) is 2.93. The fourth-order valence-electron chi connectivity index (χ4n) is 1.45. The second-order valence-corrected chi connectivity index (χ2v) is 5.00. The lowest BCUT2D eigenvalue weighted by Crippen LogP contribution is -2.15. The van der Waals surface area contributed by atoms with E-state index in [1.807, 2.05) is 6.92 Å². The summed E-state index contributed by atoms with van der Waals surface area (Å²) < 4.78 is 54.3. The second-order valence-electron chi connectivity index (χ2n) is 3.84. The van der Waals surface area contributed by atoms with Crippen molar-refractivity contribution in [3.8, 4) is 5.75 Å². The van der Waals surface area contributed by atoms with E-state index in [-0.39, 0.29) is 30.2 Å². The smallest absolute Gasteiger partial charge is 0.441 e. The number of rotatable bonds is 6. The van der Waals surface area contributed by atoms with Gasteiger partial charge in [0.05, 0.1) is 6.61 Å². The van der Waals surface area contributed by atoms with Crippen LogP contribution < -0.4 is 10.1 Å². The van der Waals surface area contributed by atoms with Gasteiger partial charge in [0.1, 0.15) is 11.6 Å². The molecule has 1 atom stereocenters. The van der Waals surface area contributed by atoms with Crippen LogP contribution in [0.1, 0.15) is 18.5 Å². The highest BCUT2D eigenvalue weighted by Crippen LogP contribution is 2.30. The number of ether oxygens (including phenoxy) is 1. The fraction of sp³-hybridized carbons (Fsp3) is 0.500. The van der Waals surface area contributed by atoms with E-state index in [9.17, 15) is 17.6 Å². The number of thioether (sulfide) groups is 1. The van der Waals surface area contributed by atoms with Crippen LogP contribution in [0.2, 0.25) is 0 Å². The van der Waals surface area contributed by atoms with E-state index < -0.39 is 11.3 Å². The van der Waals surface area contributed by atoms with E-state index in [1.54, 1.807) is 7.05 Å². The molecule has 0 heterocycles. The summed E-state index contributed by atoms with van der Waals surface area (Å²) in [7, 11) is 1.71. The largest absolute Gasteiger partial charge is 0.492 e. The van der Waals surface area contributed by atoms with Crippen molar-refractivity contribution in [1.29, 1.82) is 0 Å². The average Bonchev–Trinajstić information content (AvgIpc) is 2.33. The third-order valence-corrected chi connectivity index (χ3v) is 3.18. The molecule has 0 aliphatic heterocycles. The molecular weight excluding hydrogens is 282 g/mol. The normalized spacial score (nSPS) is 13.4. The number of hydrogen-bond donors (Lipinski definition) is 1. The van der Waals surface area contributed by atoms with Gasteiger partial charge in [0.15, 0.2) is 0 Å². The van der Waals surface area contributed by atoms with Crippen LogP contribution in [-0.2, 0) is 0 Å². The molecule has 7 heteroatoms. The maximum atomic E-state index is 13.2. The Morgan fingerprint density at radius 2 is 2.05 bits per heavy atom. The summed E-state index contributed by atoms with van der Waals surface area (Å²) in [5.41, 5.74) is -3.67. The zero-order valence-corrected chi connectivity index (χ0v) is 11.4. The van der Waals surface area contributed by atoms with E-state index in [4.69, 9.17) is 4.74 Å². The van der Waals surface area contributed by atoms with Gasteiger partial charge in [-0.2, -0.15) is 13.2 Å². The molecule has 0 spiro atoms. The first kappa shape index (κ1) is 16.1. The van der Waals surface area contributed by atoms with Gasteiger partial charge in [-0.15, -0.1) is 0 Å². The van der Waals surface area contributed by atoms with Crippen LogP contribution in [0.25, 0.3) is 0 Å². The Kier molecular flexibility index (Phi) is 5.93. The highest BCUT2D eigenvalue weighted by atomic mass is 32.2. The summed E-state index contributed by atoms with van der Waals surface area (Å²) in [6, 6.07) is 3.81. The van der Waals surface area contributed by atoms with Gasteiger partial charge in [-0.25, -0.2) is 4.39 Å². The van der Waals surface area contributed by atoms with Crippen molar-refractivity contribution in [2.24, 2.45) is 0 Å². The first-order valence-corrected chi connectivity index (χ1v) is 6.62. The van der Waals surface area contributed by atoms with Gasteiger partial charge in [-0.3, -0.25) is 0 Å². The minimum absolute atomic E-state index is 0.0841. The van der Waals surface area contributed by atoms with Gasteiger partial charge < -0.3 is 10.1 Å². The van der Waals surface area contributed by atoms with Crippen LogP contribution in [0.15, 0.2) is 18.2 Å². The Labute approximate surface area is 113 Å². The topological polar surface area (TPSA) is 21.3 Å². The molecule has 2 nitrogen and oxygen atoms in total. The van der Waals surface area contributed by atoms with Crippen molar-refractivity contribution in [1.82, 2.24) is 5.32 Å². The van der Waals surface area contributed by atoms with Crippen LogP contribution in [0.5, 0.6) is 5.75 Å². The summed E-state index contributed by atoms with van der Waals surface area (Å²) >= 11 is -0.139. The zero-order chi connectivity index (χ0) is 14.5. The quantitative estimate of drug-likeness (QED) is 0.638. The molecule has 19 heavy (non-hydrogen) atoms. The first-order chi connectivity index (χ1) is 8.83. The van der Waals surface area contributed by atoms with Gasteiger partial charge in [-0.05, 0) is 43.9 Å². The lowest BCUT2D eigenvalue weighted by Gasteiger charge is -2.16. The summed E-state index contributed by atoms with van der Waals surface area (Å²) in [6.07, 6.45) is 0. The lowest BCUT2D eigenvalue weighted by molar-refractivity contribution is -0.0329. The van der Waals surface area contributed by atoms with Crippen LogP contribution in [0.4, 0.5) is 17.6 Å². The van der Waals surface area contributed by atoms with Crippen molar-refractivity contribution in [2.75, 3.05) is 19.4 Å². The number of nitrogens with one attached hydrogen (secondary N) is 1. The SMILES string of the molecule is CNC(C)c1cc(F)ccc1OCCSC(F)(F)F. The predicted octanol–water partition coefficient (Wildman–Crippen LogP) is 3.74. The maximum absolute atomic E-state index is 13.2. The van der Waals surface area contributed by atoms with Gasteiger partial charge in [0.25, 0.3) is 0 Å². The third kappa shape index (κ3) is 5.69. The minimum Gasteiger partial charge on any atom is -0.492 e. The Morgan fingerprint density at radius 3 is 2.63 bits per heavy atom. The predicted molar refractivity (Wildman–Crippen MR) is 67.9 cm³/mol. The standard InChI is InChI=1S/C12H15F4NOS/c1-8(17-2)10-7-9(13)3-4-11(10)18-5-6-19-12(14,15)16/h3-4,7-8,17H,5-6H2,1-2H3. The van der Waals surface area contributed by atoms with Gasteiger partial charge in [0, 0.05) is 17.4 Å². The van der Waals surface area contributed by atoms with Crippen LogP contribution >= 0.6 is 11.8 Å². The molecule has 0 bridgehead atoms. The molecule has 0 aliphatic carbocycles. The average molecular weight is 297 g/mol. The van der Waals surface area contributed by atoms with E-state index >= 15 is 0 Å². The molecule has 1 unspecified atom stereocenters. The van der Waals surface area contributed by atoms with Crippen LogP contribution in [0, 0.1) is 5.82 Å². The number of alkyl halides is 3. The monoisotopic (exact) mass is 297 g/mol. The van der Waals surface area contributed by atoms with E-state index in [0.29, 0.717) is 11.3 Å². The molecule has 1 rings (SSSR count). The lowest BCUT2D eigenvalue weighted by atomic mass is 10.1. The molecule has 1 aromatic rings. The summed E-state index contributed by atoms with van der Waals surface area (Å²) in [4.78, 5) is 0. The van der Waals surface area contributed by atoms with Crippen molar-refractivity contribution in [2.45, 2.75) is 18.5 Å². The molecular formula is C12H15F4NOS. The molecule has 1 aromatic carbocycles. The van der Waals surface area contributed by atoms with Crippen LogP contribution in [-0.4, -0.2) is 24.9 Å². The van der Waals surface area contributed by atoms with E-state index in [1.165, 1.54) is 18.2 Å². The van der Waals surface area contributed by atoms with Gasteiger partial charge in [-0.1, -0.05) is 0 Å². The van der Waals surface area contributed by atoms with Crippen LogP contribution in [0.3, 0.4) is 0 Å². The Balaban J connectivity index is 2.62. The molecule has 0 aromatic heterocycles. The Bertz CT molecular complexity index is 411. The third-order valence-electron chi connectivity index (χ3n) is 2.48. The highest BCUT2D eigenvalue weighted by molar-refractivity contribution is 8.00. The summed E-state index contributed by atoms with van der Waals surface area (Å²) in [5.74, 6) is -0.214. The molecule has 0 amide bonds. The fourth-order valence-corrected chi connectivity index (χ4v) is 1.85. The van der Waals surface area contributed by atoms with Gasteiger partial charge >= 0.3 is 5.51 Å². The number of hydrogen-bond acceptors (Lipinski definition) is 3. The Morgan fingerprint density at radius 1 is 1.37 bits per heavy atom. The molecule has 0 saturated carbocycles. The molecule has 0 radical (unpaired) electrons. The number of halogens is 4. The van der Waals surface area contributed by atoms with Crippen molar-refractivity contribution < 1.29 is 22.3 Å². The van der Waals surface area contributed by atoms with E-state index in [2.05, 4.69) is 5.32 Å². The first-order valence-electron chi connectivity index (χ1n) is 5.63. The molecule has 108 valence electrons. The Hall–Kier alpha value is -0.950. The van der Waals surface area contributed by atoms with E-state index in [0.717, 1.165) is 0 Å². The maximum Gasteiger partial charge on any atom is 0.441 e. The zero-order valence-electron chi connectivity index (χ0n) is 10.6. The molecule has 0 aliphatic rings.